The number of hydrogen-bond donors (Lipinski definition) is 0. The summed E-state index contributed by atoms with van der Waals surface area (Å²) >= 11 is 0. The summed E-state index contributed by atoms with van der Waals surface area (Å²) in [6, 6.07) is 16.9. The molecule has 1 unspecified atom stereocenters. The molecule has 3 heteroatoms. The molecule has 0 N–H and O–H groups in total. The van der Waals surface area contributed by atoms with Crippen molar-refractivity contribution in [1.82, 2.24) is 0 Å². The van der Waals surface area contributed by atoms with Gasteiger partial charge < -0.3 is 4.90 Å². The normalized spacial score (nSPS) is 18.0. The van der Waals surface area contributed by atoms with Gasteiger partial charge in [0, 0.05) is 19.0 Å². The Balaban J connectivity index is 1.83. The van der Waals surface area contributed by atoms with Crippen LogP contribution in [0.1, 0.15) is 23.5 Å². The monoisotopic (exact) mass is 266 g/mol. The molecule has 1 aliphatic heterocycles. The van der Waals surface area contributed by atoms with Crippen LogP contribution in [0, 0.1) is 17.1 Å². The molecule has 20 heavy (non-hydrogen) atoms. The largest absolute Gasteiger partial charge is 0.370 e. The summed E-state index contributed by atoms with van der Waals surface area (Å²) in [5.41, 5.74) is 2.58. The highest BCUT2D eigenvalue weighted by atomic mass is 19.1. The Bertz CT molecular complexity index is 646. The van der Waals surface area contributed by atoms with Crippen LogP contribution in [0.15, 0.2) is 48.5 Å². The van der Waals surface area contributed by atoms with Crippen molar-refractivity contribution in [2.45, 2.75) is 12.3 Å². The van der Waals surface area contributed by atoms with Crippen LogP contribution in [0.4, 0.5) is 10.1 Å². The van der Waals surface area contributed by atoms with E-state index in [0.29, 0.717) is 11.5 Å². The number of anilines is 1. The molecule has 2 nitrogen and oxygen atoms in total. The van der Waals surface area contributed by atoms with Gasteiger partial charge in [0.15, 0.2) is 0 Å². The molecule has 0 aliphatic carbocycles. The van der Waals surface area contributed by atoms with Gasteiger partial charge in [0.05, 0.1) is 11.3 Å². The van der Waals surface area contributed by atoms with Crippen molar-refractivity contribution in [2.75, 3.05) is 18.0 Å². The minimum Gasteiger partial charge on any atom is -0.370 e. The van der Waals surface area contributed by atoms with Crippen molar-refractivity contribution < 1.29 is 4.39 Å². The molecule has 1 heterocycles. The fourth-order valence-corrected chi connectivity index (χ4v) is 2.85. The Morgan fingerprint density at radius 3 is 2.70 bits per heavy atom. The van der Waals surface area contributed by atoms with Crippen molar-refractivity contribution in [1.29, 1.82) is 5.26 Å². The molecular formula is C17H15FN2. The standard InChI is InChI=1S/C17H15FN2/c18-16-6-7-17(15(10-16)11-19)20-9-8-14(12-20)13-4-2-1-3-5-13/h1-7,10,14H,8-9,12H2. The molecule has 1 atom stereocenters. The second kappa shape index (κ2) is 5.34. The third kappa shape index (κ3) is 2.37. The average molecular weight is 266 g/mol. The fourth-order valence-electron chi connectivity index (χ4n) is 2.85. The highest BCUT2D eigenvalue weighted by Crippen LogP contribution is 2.32. The Labute approximate surface area is 118 Å². The van der Waals surface area contributed by atoms with Gasteiger partial charge in [-0.05, 0) is 30.2 Å². The summed E-state index contributed by atoms with van der Waals surface area (Å²) in [4.78, 5) is 2.18. The van der Waals surface area contributed by atoms with Crippen LogP contribution < -0.4 is 4.90 Å². The van der Waals surface area contributed by atoms with E-state index in [1.807, 2.05) is 6.07 Å². The van der Waals surface area contributed by atoms with Gasteiger partial charge in [-0.3, -0.25) is 0 Å². The van der Waals surface area contributed by atoms with Crippen molar-refractivity contribution in [2.24, 2.45) is 0 Å². The first kappa shape index (κ1) is 12.7. The number of hydrogen-bond acceptors (Lipinski definition) is 2. The molecule has 0 amide bonds. The third-order valence-electron chi connectivity index (χ3n) is 3.88. The lowest BCUT2D eigenvalue weighted by Crippen LogP contribution is -2.20. The van der Waals surface area contributed by atoms with Crippen molar-refractivity contribution in [3.63, 3.8) is 0 Å². The van der Waals surface area contributed by atoms with Crippen LogP contribution in [0.5, 0.6) is 0 Å². The molecule has 100 valence electrons. The first-order valence-corrected chi connectivity index (χ1v) is 6.77. The van der Waals surface area contributed by atoms with E-state index in [1.165, 1.54) is 17.7 Å². The molecule has 0 spiro atoms. The first-order chi connectivity index (χ1) is 9.78. The molecule has 1 saturated heterocycles. The van der Waals surface area contributed by atoms with E-state index in [-0.39, 0.29) is 5.82 Å². The average Bonchev–Trinajstić information content (AvgIpc) is 2.97. The quantitative estimate of drug-likeness (QED) is 0.829. The van der Waals surface area contributed by atoms with Gasteiger partial charge in [-0.15, -0.1) is 0 Å². The molecular weight excluding hydrogens is 251 g/mol. The summed E-state index contributed by atoms with van der Waals surface area (Å²) in [5.74, 6) is 0.122. The lowest BCUT2D eigenvalue weighted by atomic mass is 9.99. The number of halogens is 1. The minimum atomic E-state index is -0.357. The van der Waals surface area contributed by atoms with Crippen LogP contribution >= 0.6 is 0 Å². The maximum Gasteiger partial charge on any atom is 0.124 e. The second-order valence-electron chi connectivity index (χ2n) is 5.12. The predicted molar refractivity (Wildman–Crippen MR) is 77.1 cm³/mol. The van der Waals surface area contributed by atoms with Gasteiger partial charge in [0.2, 0.25) is 0 Å². The maximum absolute atomic E-state index is 13.2. The lowest BCUT2D eigenvalue weighted by molar-refractivity contribution is 0.627. The SMILES string of the molecule is N#Cc1cc(F)ccc1N1CCC(c2ccccc2)C1. The summed E-state index contributed by atoms with van der Waals surface area (Å²) in [7, 11) is 0. The topological polar surface area (TPSA) is 27.0 Å². The number of nitrogens with zero attached hydrogens (tertiary/aromatic N) is 2. The Kier molecular flexibility index (Phi) is 3.39. The van der Waals surface area contributed by atoms with Crippen LogP contribution in [-0.2, 0) is 0 Å². The van der Waals surface area contributed by atoms with Crippen LogP contribution in [-0.4, -0.2) is 13.1 Å². The summed E-state index contributed by atoms with van der Waals surface area (Å²) in [6.45, 7) is 1.78. The molecule has 2 aromatic carbocycles. The fraction of sp³-hybridized carbons (Fsp3) is 0.235. The van der Waals surface area contributed by atoms with E-state index in [1.54, 1.807) is 6.07 Å². The molecule has 1 aliphatic rings. The smallest absolute Gasteiger partial charge is 0.124 e. The highest BCUT2D eigenvalue weighted by molar-refractivity contribution is 5.60. The van der Waals surface area contributed by atoms with Gasteiger partial charge in [0.25, 0.3) is 0 Å². The molecule has 0 bridgehead atoms. The van der Waals surface area contributed by atoms with Gasteiger partial charge in [-0.25, -0.2) is 4.39 Å². The zero-order chi connectivity index (χ0) is 13.9. The first-order valence-electron chi connectivity index (χ1n) is 6.77. The maximum atomic E-state index is 13.2. The number of rotatable bonds is 2. The molecule has 2 aromatic rings. The zero-order valence-electron chi connectivity index (χ0n) is 11.1. The summed E-state index contributed by atoms with van der Waals surface area (Å²) < 4.78 is 13.2. The third-order valence-corrected chi connectivity index (χ3v) is 3.88. The Hall–Kier alpha value is -2.34. The minimum absolute atomic E-state index is 0.357. The molecule has 1 fully saturated rings. The van der Waals surface area contributed by atoms with E-state index < -0.39 is 0 Å². The predicted octanol–water partition coefficient (Wildman–Crippen LogP) is 3.69. The van der Waals surface area contributed by atoms with E-state index in [2.05, 4.69) is 35.2 Å². The number of benzene rings is 2. The van der Waals surface area contributed by atoms with Gasteiger partial charge in [0.1, 0.15) is 11.9 Å². The van der Waals surface area contributed by atoms with Crippen LogP contribution in [0.2, 0.25) is 0 Å². The van der Waals surface area contributed by atoms with Gasteiger partial charge in [-0.2, -0.15) is 5.26 Å². The Morgan fingerprint density at radius 1 is 1.15 bits per heavy atom. The molecule has 0 saturated carbocycles. The van der Waals surface area contributed by atoms with E-state index in [4.69, 9.17) is 5.26 Å². The van der Waals surface area contributed by atoms with Crippen LogP contribution in [0.25, 0.3) is 0 Å². The zero-order valence-corrected chi connectivity index (χ0v) is 11.1. The summed E-state index contributed by atoms with van der Waals surface area (Å²) in [5, 5.41) is 9.14. The highest BCUT2D eigenvalue weighted by Gasteiger charge is 2.25. The van der Waals surface area contributed by atoms with Crippen molar-refractivity contribution in [3.05, 3.63) is 65.5 Å². The lowest BCUT2D eigenvalue weighted by Gasteiger charge is -2.20. The van der Waals surface area contributed by atoms with E-state index in [0.717, 1.165) is 25.2 Å². The van der Waals surface area contributed by atoms with Gasteiger partial charge >= 0.3 is 0 Å². The Morgan fingerprint density at radius 2 is 1.95 bits per heavy atom. The number of nitriles is 1. The van der Waals surface area contributed by atoms with E-state index in [9.17, 15) is 4.39 Å². The van der Waals surface area contributed by atoms with Crippen molar-refractivity contribution in [3.8, 4) is 6.07 Å². The summed E-state index contributed by atoms with van der Waals surface area (Å²) in [6.07, 6.45) is 1.06. The molecule has 0 aromatic heterocycles. The van der Waals surface area contributed by atoms with Gasteiger partial charge in [-0.1, -0.05) is 30.3 Å². The molecule has 3 rings (SSSR count). The van der Waals surface area contributed by atoms with Crippen LogP contribution in [0.3, 0.4) is 0 Å². The van der Waals surface area contributed by atoms with Crippen molar-refractivity contribution >= 4 is 5.69 Å². The van der Waals surface area contributed by atoms with E-state index >= 15 is 0 Å². The second-order valence-corrected chi connectivity index (χ2v) is 5.12. The molecule has 0 radical (unpaired) electrons.